The molecule has 4 heteroatoms. The van der Waals surface area contributed by atoms with E-state index in [1.165, 1.54) is 0 Å². The number of rotatable bonds is 3. The van der Waals surface area contributed by atoms with E-state index in [0.29, 0.717) is 28.9 Å². The number of aryl methyl sites for hydroxylation is 1. The van der Waals surface area contributed by atoms with Gasteiger partial charge in [0.25, 0.3) is 5.91 Å². The maximum Gasteiger partial charge on any atom is 0.268 e. The standard InChI is InChI=1S/C23H18N2O2/c1-16-6-4-9-19(12-16)23(27)20-10-2-3-11-21(20)25(22(23)26)15-18-8-5-7-17(13-18)14-24/h2-13,27H,15H2,1H3/t23-/m1/s1. The lowest BCUT2D eigenvalue weighted by Crippen LogP contribution is -2.40. The lowest BCUT2D eigenvalue weighted by molar-refractivity contribution is -0.132. The molecule has 4 rings (SSSR count). The fraction of sp³-hybridized carbons (Fsp3) is 0.130. The minimum absolute atomic E-state index is 0.291. The number of nitrogens with zero attached hydrogens (tertiary/aromatic N) is 2. The molecular formula is C23H18N2O2. The summed E-state index contributed by atoms with van der Waals surface area (Å²) < 4.78 is 0. The van der Waals surface area contributed by atoms with E-state index in [2.05, 4.69) is 6.07 Å². The minimum Gasteiger partial charge on any atom is -0.372 e. The zero-order chi connectivity index (χ0) is 19.0. The van der Waals surface area contributed by atoms with E-state index < -0.39 is 5.60 Å². The van der Waals surface area contributed by atoms with Crippen molar-refractivity contribution in [3.05, 3.63) is 101 Å². The van der Waals surface area contributed by atoms with E-state index in [9.17, 15) is 9.90 Å². The summed E-state index contributed by atoms with van der Waals surface area (Å²) in [6.07, 6.45) is 0. The zero-order valence-electron chi connectivity index (χ0n) is 14.9. The molecule has 132 valence electrons. The van der Waals surface area contributed by atoms with Gasteiger partial charge in [0.05, 0.1) is 23.9 Å². The van der Waals surface area contributed by atoms with Gasteiger partial charge < -0.3 is 10.0 Å². The fourth-order valence-corrected chi connectivity index (χ4v) is 3.66. The van der Waals surface area contributed by atoms with Crippen LogP contribution < -0.4 is 4.90 Å². The molecule has 0 radical (unpaired) electrons. The average Bonchev–Trinajstić information content (AvgIpc) is 2.91. The van der Waals surface area contributed by atoms with E-state index in [-0.39, 0.29) is 5.91 Å². The number of amides is 1. The number of hydrogen-bond donors (Lipinski definition) is 1. The third-order valence-electron chi connectivity index (χ3n) is 4.97. The first-order valence-electron chi connectivity index (χ1n) is 8.74. The molecule has 0 saturated heterocycles. The van der Waals surface area contributed by atoms with E-state index >= 15 is 0 Å². The Morgan fingerprint density at radius 1 is 1.04 bits per heavy atom. The summed E-state index contributed by atoms with van der Waals surface area (Å²) in [5.41, 5.74) is 2.48. The second-order valence-electron chi connectivity index (χ2n) is 6.80. The second-order valence-corrected chi connectivity index (χ2v) is 6.80. The van der Waals surface area contributed by atoms with Crippen molar-refractivity contribution >= 4 is 11.6 Å². The van der Waals surface area contributed by atoms with Gasteiger partial charge in [0, 0.05) is 5.56 Å². The molecule has 3 aromatic rings. The van der Waals surface area contributed by atoms with Crippen molar-refractivity contribution < 1.29 is 9.90 Å². The summed E-state index contributed by atoms with van der Waals surface area (Å²) >= 11 is 0. The molecule has 1 aliphatic rings. The van der Waals surface area contributed by atoms with Crippen molar-refractivity contribution in [3.8, 4) is 6.07 Å². The first kappa shape index (κ1) is 17.0. The maximum absolute atomic E-state index is 13.4. The minimum atomic E-state index is -1.71. The first-order valence-corrected chi connectivity index (χ1v) is 8.74. The summed E-state index contributed by atoms with van der Waals surface area (Å²) in [7, 11) is 0. The third kappa shape index (κ3) is 2.69. The fourth-order valence-electron chi connectivity index (χ4n) is 3.66. The van der Waals surface area contributed by atoms with E-state index in [0.717, 1.165) is 11.1 Å². The Hall–Kier alpha value is -3.42. The number of nitriles is 1. The van der Waals surface area contributed by atoms with Crippen LogP contribution >= 0.6 is 0 Å². The molecule has 1 heterocycles. The van der Waals surface area contributed by atoms with Crippen LogP contribution in [-0.2, 0) is 16.9 Å². The summed E-state index contributed by atoms with van der Waals surface area (Å²) in [6, 6.07) is 24.0. The summed E-state index contributed by atoms with van der Waals surface area (Å²) in [5.74, 6) is -0.378. The molecular weight excluding hydrogens is 336 g/mol. The molecule has 0 bridgehead atoms. The van der Waals surface area contributed by atoms with E-state index in [1.807, 2.05) is 49.4 Å². The van der Waals surface area contributed by atoms with Gasteiger partial charge in [-0.25, -0.2) is 0 Å². The predicted molar refractivity (Wildman–Crippen MR) is 103 cm³/mol. The van der Waals surface area contributed by atoms with Gasteiger partial charge in [-0.15, -0.1) is 0 Å². The van der Waals surface area contributed by atoms with Gasteiger partial charge in [0.15, 0.2) is 5.60 Å². The Kier molecular flexibility index (Phi) is 4.02. The number of aliphatic hydroxyl groups is 1. The number of fused-ring (bicyclic) bond motifs is 1. The van der Waals surface area contributed by atoms with Crippen molar-refractivity contribution in [2.75, 3.05) is 4.90 Å². The van der Waals surface area contributed by atoms with Gasteiger partial charge in [-0.1, -0.05) is 60.2 Å². The van der Waals surface area contributed by atoms with E-state index in [4.69, 9.17) is 5.26 Å². The molecule has 0 spiro atoms. The highest BCUT2D eigenvalue weighted by Crippen LogP contribution is 2.45. The lowest BCUT2D eigenvalue weighted by Gasteiger charge is -2.24. The normalized spacial score (nSPS) is 18.3. The largest absolute Gasteiger partial charge is 0.372 e. The molecule has 0 aromatic heterocycles. The lowest BCUT2D eigenvalue weighted by atomic mass is 9.87. The number of carbonyl (C=O) groups is 1. The molecule has 0 unspecified atom stereocenters. The van der Waals surface area contributed by atoms with Crippen LogP contribution in [0.15, 0.2) is 72.8 Å². The Morgan fingerprint density at radius 3 is 2.59 bits per heavy atom. The Morgan fingerprint density at radius 2 is 1.81 bits per heavy atom. The van der Waals surface area contributed by atoms with Crippen LogP contribution in [0.5, 0.6) is 0 Å². The third-order valence-corrected chi connectivity index (χ3v) is 4.97. The molecule has 0 fully saturated rings. The smallest absolute Gasteiger partial charge is 0.268 e. The molecule has 1 N–H and O–H groups in total. The number of para-hydroxylation sites is 1. The Balaban J connectivity index is 1.81. The van der Waals surface area contributed by atoms with Crippen molar-refractivity contribution in [2.45, 2.75) is 19.1 Å². The quantitative estimate of drug-likeness (QED) is 0.781. The molecule has 27 heavy (non-hydrogen) atoms. The van der Waals surface area contributed by atoms with Crippen molar-refractivity contribution in [1.82, 2.24) is 0 Å². The summed E-state index contributed by atoms with van der Waals surface area (Å²) in [4.78, 5) is 15.0. The van der Waals surface area contributed by atoms with Gasteiger partial charge in [-0.2, -0.15) is 5.26 Å². The SMILES string of the molecule is Cc1cccc([C@]2(O)C(=O)N(Cc3cccc(C#N)c3)c3ccccc32)c1. The van der Waals surface area contributed by atoms with Crippen LogP contribution in [0, 0.1) is 18.3 Å². The second kappa shape index (κ2) is 6.39. The molecule has 1 atom stereocenters. The summed E-state index contributed by atoms with van der Waals surface area (Å²) in [5, 5.41) is 20.6. The van der Waals surface area contributed by atoms with Gasteiger partial charge in [0.1, 0.15) is 0 Å². The molecule has 3 aromatic carbocycles. The Bertz CT molecular complexity index is 1080. The molecule has 1 aliphatic heterocycles. The topological polar surface area (TPSA) is 64.3 Å². The summed E-state index contributed by atoms with van der Waals surface area (Å²) in [6.45, 7) is 2.23. The van der Waals surface area contributed by atoms with Crippen LogP contribution in [-0.4, -0.2) is 11.0 Å². The molecule has 0 saturated carbocycles. The zero-order valence-corrected chi connectivity index (χ0v) is 14.9. The average molecular weight is 354 g/mol. The van der Waals surface area contributed by atoms with Crippen LogP contribution in [0.25, 0.3) is 0 Å². The van der Waals surface area contributed by atoms with Crippen molar-refractivity contribution in [3.63, 3.8) is 0 Å². The highest BCUT2D eigenvalue weighted by Gasteiger charge is 2.50. The number of benzene rings is 3. The highest BCUT2D eigenvalue weighted by molar-refractivity contribution is 6.09. The first-order chi connectivity index (χ1) is 13.0. The van der Waals surface area contributed by atoms with Gasteiger partial charge in [-0.05, 0) is 36.2 Å². The van der Waals surface area contributed by atoms with Crippen LogP contribution in [0.1, 0.15) is 27.8 Å². The van der Waals surface area contributed by atoms with Crippen LogP contribution in [0.2, 0.25) is 0 Å². The van der Waals surface area contributed by atoms with Crippen LogP contribution in [0.4, 0.5) is 5.69 Å². The van der Waals surface area contributed by atoms with E-state index in [1.54, 1.807) is 35.2 Å². The molecule has 4 nitrogen and oxygen atoms in total. The van der Waals surface area contributed by atoms with Gasteiger partial charge >= 0.3 is 0 Å². The van der Waals surface area contributed by atoms with Crippen LogP contribution in [0.3, 0.4) is 0 Å². The van der Waals surface area contributed by atoms with Gasteiger partial charge in [-0.3, -0.25) is 4.79 Å². The monoisotopic (exact) mass is 354 g/mol. The Labute approximate surface area is 157 Å². The molecule has 0 aliphatic carbocycles. The predicted octanol–water partition coefficient (Wildman–Crippen LogP) is 3.65. The maximum atomic E-state index is 13.4. The highest BCUT2D eigenvalue weighted by atomic mass is 16.3. The van der Waals surface area contributed by atoms with Crippen molar-refractivity contribution in [1.29, 1.82) is 5.26 Å². The van der Waals surface area contributed by atoms with Crippen molar-refractivity contribution in [2.24, 2.45) is 0 Å². The number of carbonyl (C=O) groups excluding carboxylic acids is 1. The number of hydrogen-bond acceptors (Lipinski definition) is 3. The number of anilines is 1. The molecule has 1 amide bonds. The van der Waals surface area contributed by atoms with Gasteiger partial charge in [0.2, 0.25) is 0 Å².